The number of ether oxygens (including phenoxy) is 1. The number of amides is 2. The van der Waals surface area contributed by atoms with Gasteiger partial charge in [0.1, 0.15) is 12.3 Å². The van der Waals surface area contributed by atoms with E-state index in [1.807, 2.05) is 50.2 Å². The first kappa shape index (κ1) is 15.1. The fraction of sp³-hybridized carbons (Fsp3) is 0.222. The number of fused-ring (bicyclic) bond motifs is 1. The lowest BCUT2D eigenvalue weighted by Gasteiger charge is -2.29. The van der Waals surface area contributed by atoms with Gasteiger partial charge in [-0.05, 0) is 37.6 Å². The number of anilines is 2. The van der Waals surface area contributed by atoms with Crippen molar-refractivity contribution in [2.45, 2.75) is 13.8 Å². The van der Waals surface area contributed by atoms with Gasteiger partial charge in [-0.1, -0.05) is 29.8 Å². The summed E-state index contributed by atoms with van der Waals surface area (Å²) in [4.78, 5) is 25.7. The Balaban J connectivity index is 1.75. The summed E-state index contributed by atoms with van der Waals surface area (Å²) < 4.78 is 5.63. The van der Waals surface area contributed by atoms with E-state index in [9.17, 15) is 9.59 Å². The van der Waals surface area contributed by atoms with Crippen molar-refractivity contribution in [3.05, 3.63) is 53.6 Å². The van der Waals surface area contributed by atoms with E-state index in [0.717, 1.165) is 11.1 Å². The Morgan fingerprint density at radius 2 is 2.00 bits per heavy atom. The third kappa shape index (κ3) is 3.18. The van der Waals surface area contributed by atoms with Crippen LogP contribution in [0.1, 0.15) is 11.1 Å². The molecule has 3 rings (SSSR count). The normalized spacial score (nSPS) is 13.3. The Labute approximate surface area is 134 Å². The molecule has 0 saturated heterocycles. The molecule has 0 fully saturated rings. The molecule has 5 nitrogen and oxygen atoms in total. The zero-order valence-electron chi connectivity index (χ0n) is 13.1. The number of para-hydroxylation sites is 2. The number of hydrogen-bond acceptors (Lipinski definition) is 3. The molecule has 1 N–H and O–H groups in total. The Kier molecular flexibility index (Phi) is 4.02. The number of nitrogens with one attached hydrogen (secondary N) is 1. The molecule has 23 heavy (non-hydrogen) atoms. The van der Waals surface area contributed by atoms with E-state index in [1.165, 1.54) is 4.90 Å². The highest BCUT2D eigenvalue weighted by Crippen LogP contribution is 2.29. The fourth-order valence-electron chi connectivity index (χ4n) is 2.63. The van der Waals surface area contributed by atoms with E-state index < -0.39 is 0 Å². The Hall–Kier alpha value is -2.82. The van der Waals surface area contributed by atoms with Gasteiger partial charge >= 0.3 is 0 Å². The molecule has 0 aliphatic carbocycles. The van der Waals surface area contributed by atoms with Crippen LogP contribution in [0.5, 0.6) is 5.75 Å². The van der Waals surface area contributed by atoms with Crippen LogP contribution in [0, 0.1) is 13.8 Å². The second-order valence-electron chi connectivity index (χ2n) is 5.60. The van der Waals surface area contributed by atoms with Crippen molar-refractivity contribution in [3.8, 4) is 5.75 Å². The third-order valence-corrected chi connectivity index (χ3v) is 3.75. The number of carbonyl (C=O) groups excluding carboxylic acids is 2. The number of carbonyl (C=O) groups is 2. The van der Waals surface area contributed by atoms with Crippen LogP contribution >= 0.6 is 0 Å². The van der Waals surface area contributed by atoms with Gasteiger partial charge in [0, 0.05) is 0 Å². The van der Waals surface area contributed by atoms with E-state index in [0.29, 0.717) is 17.1 Å². The number of hydrogen-bond donors (Lipinski definition) is 1. The summed E-state index contributed by atoms with van der Waals surface area (Å²) in [5.74, 6) is 0.231. The van der Waals surface area contributed by atoms with E-state index >= 15 is 0 Å². The zero-order chi connectivity index (χ0) is 16.4. The number of nitrogens with zero attached hydrogens (tertiary/aromatic N) is 1. The van der Waals surface area contributed by atoms with Crippen LogP contribution in [0.3, 0.4) is 0 Å². The lowest BCUT2D eigenvalue weighted by molar-refractivity contribution is -0.123. The summed E-state index contributed by atoms with van der Waals surface area (Å²) in [6, 6.07) is 13.0. The topological polar surface area (TPSA) is 58.6 Å². The van der Waals surface area contributed by atoms with Gasteiger partial charge in [0.25, 0.3) is 5.91 Å². The average molecular weight is 310 g/mol. The molecule has 2 aromatic carbocycles. The van der Waals surface area contributed by atoms with E-state index in [2.05, 4.69) is 5.32 Å². The van der Waals surface area contributed by atoms with Crippen molar-refractivity contribution in [2.75, 3.05) is 23.4 Å². The smallest absolute Gasteiger partial charge is 0.265 e. The molecular formula is C18H18N2O3. The molecule has 2 aromatic rings. The average Bonchev–Trinajstić information content (AvgIpc) is 2.53. The first-order valence-electron chi connectivity index (χ1n) is 7.44. The molecule has 0 saturated carbocycles. The minimum Gasteiger partial charge on any atom is -0.483 e. The summed E-state index contributed by atoms with van der Waals surface area (Å²) in [5, 5.41) is 2.76. The zero-order valence-corrected chi connectivity index (χ0v) is 13.1. The molecule has 0 atom stereocenters. The molecule has 5 heteroatoms. The minimum absolute atomic E-state index is 0.00604. The van der Waals surface area contributed by atoms with Gasteiger partial charge in [-0.25, -0.2) is 0 Å². The van der Waals surface area contributed by atoms with E-state index in [1.54, 1.807) is 6.07 Å². The molecule has 1 aliphatic heterocycles. The van der Waals surface area contributed by atoms with Crippen LogP contribution in [0.15, 0.2) is 42.5 Å². The lowest BCUT2D eigenvalue weighted by atomic mass is 10.1. The quantitative estimate of drug-likeness (QED) is 0.948. The Bertz CT molecular complexity index is 771. The molecule has 1 aliphatic rings. The summed E-state index contributed by atoms with van der Waals surface area (Å²) in [5.41, 5.74) is 3.46. The molecular weight excluding hydrogens is 292 g/mol. The van der Waals surface area contributed by atoms with Gasteiger partial charge in [-0.3, -0.25) is 14.5 Å². The number of rotatable bonds is 3. The van der Waals surface area contributed by atoms with Crippen molar-refractivity contribution < 1.29 is 14.3 Å². The maximum absolute atomic E-state index is 12.5. The lowest BCUT2D eigenvalue weighted by Crippen LogP contribution is -2.44. The third-order valence-electron chi connectivity index (χ3n) is 3.75. The number of benzene rings is 2. The van der Waals surface area contributed by atoms with Crippen LogP contribution < -0.4 is 15.0 Å². The molecule has 0 spiro atoms. The van der Waals surface area contributed by atoms with Crippen molar-refractivity contribution in [2.24, 2.45) is 0 Å². The monoisotopic (exact) mass is 310 g/mol. The first-order valence-corrected chi connectivity index (χ1v) is 7.44. The van der Waals surface area contributed by atoms with Crippen LogP contribution in [-0.2, 0) is 9.59 Å². The molecule has 0 bridgehead atoms. The maximum atomic E-state index is 12.5. The van der Waals surface area contributed by atoms with Crippen LogP contribution in [0.4, 0.5) is 11.4 Å². The van der Waals surface area contributed by atoms with Gasteiger partial charge in [-0.2, -0.15) is 0 Å². The van der Waals surface area contributed by atoms with Crippen molar-refractivity contribution in [3.63, 3.8) is 0 Å². The summed E-state index contributed by atoms with van der Waals surface area (Å²) in [7, 11) is 0. The predicted molar refractivity (Wildman–Crippen MR) is 88.8 cm³/mol. The van der Waals surface area contributed by atoms with Gasteiger partial charge in [0.05, 0.1) is 11.4 Å². The van der Waals surface area contributed by atoms with Crippen LogP contribution in [0.25, 0.3) is 0 Å². The molecule has 1 heterocycles. The van der Waals surface area contributed by atoms with Crippen molar-refractivity contribution >= 4 is 23.2 Å². The summed E-state index contributed by atoms with van der Waals surface area (Å²) in [6.45, 7) is 3.85. The van der Waals surface area contributed by atoms with Gasteiger partial charge in [-0.15, -0.1) is 0 Å². The largest absolute Gasteiger partial charge is 0.483 e. The Morgan fingerprint density at radius 3 is 2.78 bits per heavy atom. The summed E-state index contributed by atoms with van der Waals surface area (Å²) in [6.07, 6.45) is 0. The van der Waals surface area contributed by atoms with Crippen LogP contribution in [-0.4, -0.2) is 25.0 Å². The molecule has 2 amide bonds. The SMILES string of the molecule is Cc1ccc(OCC(=O)N2CC(=O)Nc3ccccc32)c(C)c1. The fourth-order valence-corrected chi connectivity index (χ4v) is 2.63. The Morgan fingerprint density at radius 1 is 1.22 bits per heavy atom. The standard InChI is InChI=1S/C18H18N2O3/c1-12-7-8-16(13(2)9-12)23-11-18(22)20-10-17(21)19-14-5-3-4-6-15(14)20/h3-9H,10-11H2,1-2H3,(H,19,21). The van der Waals surface area contributed by atoms with Crippen LogP contribution in [0.2, 0.25) is 0 Å². The highest BCUT2D eigenvalue weighted by atomic mass is 16.5. The van der Waals surface area contributed by atoms with Gasteiger partial charge in [0.15, 0.2) is 6.61 Å². The second-order valence-corrected chi connectivity index (χ2v) is 5.60. The van der Waals surface area contributed by atoms with Crippen molar-refractivity contribution in [1.82, 2.24) is 0 Å². The van der Waals surface area contributed by atoms with Gasteiger partial charge < -0.3 is 10.1 Å². The molecule has 0 aromatic heterocycles. The van der Waals surface area contributed by atoms with Crippen molar-refractivity contribution in [1.29, 1.82) is 0 Å². The van der Waals surface area contributed by atoms with Gasteiger partial charge in [0.2, 0.25) is 5.91 Å². The molecule has 118 valence electrons. The highest BCUT2D eigenvalue weighted by Gasteiger charge is 2.26. The predicted octanol–water partition coefficient (Wildman–Crippen LogP) is 2.67. The van der Waals surface area contributed by atoms with E-state index in [4.69, 9.17) is 4.74 Å². The van der Waals surface area contributed by atoms with E-state index in [-0.39, 0.29) is 25.0 Å². The molecule has 0 radical (unpaired) electrons. The maximum Gasteiger partial charge on any atom is 0.265 e. The number of aryl methyl sites for hydroxylation is 2. The molecule has 0 unspecified atom stereocenters. The first-order chi connectivity index (χ1) is 11.0. The minimum atomic E-state index is -0.243. The second kappa shape index (κ2) is 6.12. The highest BCUT2D eigenvalue weighted by molar-refractivity contribution is 6.10. The summed E-state index contributed by atoms with van der Waals surface area (Å²) >= 11 is 0.